The van der Waals surface area contributed by atoms with Crippen molar-refractivity contribution in [3.8, 4) is 5.75 Å². The number of carbonyl (C=O) groups excluding carboxylic acids is 1. The number of aromatic nitrogens is 2. The van der Waals surface area contributed by atoms with E-state index in [1.807, 2.05) is 24.3 Å². The number of halogens is 1. The van der Waals surface area contributed by atoms with Crippen LogP contribution in [0.2, 0.25) is 0 Å². The number of methoxy groups -OCH3 is 1. The minimum Gasteiger partial charge on any atom is -0.497 e. The molecule has 7 heteroatoms. The van der Waals surface area contributed by atoms with Crippen molar-refractivity contribution in [2.75, 3.05) is 19.0 Å². The fraction of sp³-hybridized carbons (Fsp3) is 0.150. The molecule has 0 bridgehead atoms. The number of nitrogens with one attached hydrogen (secondary N) is 2. The van der Waals surface area contributed by atoms with Crippen LogP contribution in [0.25, 0.3) is 0 Å². The molecule has 138 valence electrons. The fourth-order valence-electron chi connectivity index (χ4n) is 2.48. The van der Waals surface area contributed by atoms with Gasteiger partial charge in [-0.05, 0) is 48.4 Å². The maximum absolute atomic E-state index is 13.3. The Hall–Kier alpha value is -3.48. The summed E-state index contributed by atoms with van der Waals surface area (Å²) in [5, 5.41) is 5.71. The second kappa shape index (κ2) is 8.75. The molecule has 27 heavy (non-hydrogen) atoms. The molecular weight excluding hydrogens is 347 g/mol. The first-order valence-electron chi connectivity index (χ1n) is 8.41. The number of hydrogen-bond donors (Lipinski definition) is 2. The standard InChI is InChI=1S/C20H19FN4O2/c1-27-17-7-2-4-14(12-17)8-10-22-19(26)18-9-11-23-20(25-18)24-16-6-3-5-15(21)13-16/h2-7,9,11-13H,8,10H2,1H3,(H,22,26)(H,23,24,25). The lowest BCUT2D eigenvalue weighted by atomic mass is 10.1. The smallest absolute Gasteiger partial charge is 0.270 e. The van der Waals surface area contributed by atoms with Crippen molar-refractivity contribution >= 4 is 17.5 Å². The molecular formula is C20H19FN4O2. The normalized spacial score (nSPS) is 10.3. The summed E-state index contributed by atoms with van der Waals surface area (Å²) >= 11 is 0. The molecule has 0 spiro atoms. The molecule has 6 nitrogen and oxygen atoms in total. The molecule has 3 rings (SSSR count). The Balaban J connectivity index is 1.58. The third kappa shape index (κ3) is 5.24. The van der Waals surface area contributed by atoms with Crippen molar-refractivity contribution in [1.82, 2.24) is 15.3 Å². The van der Waals surface area contributed by atoms with Gasteiger partial charge in [0.15, 0.2) is 0 Å². The maximum Gasteiger partial charge on any atom is 0.270 e. The van der Waals surface area contributed by atoms with Crippen LogP contribution < -0.4 is 15.4 Å². The molecule has 0 fully saturated rings. The number of nitrogens with zero attached hydrogens (tertiary/aromatic N) is 2. The van der Waals surface area contributed by atoms with E-state index in [0.717, 1.165) is 11.3 Å². The lowest BCUT2D eigenvalue weighted by Crippen LogP contribution is -2.26. The van der Waals surface area contributed by atoms with Crippen LogP contribution in [0.15, 0.2) is 60.8 Å². The SMILES string of the molecule is COc1cccc(CCNC(=O)c2ccnc(Nc3cccc(F)c3)n2)c1. The van der Waals surface area contributed by atoms with Gasteiger partial charge in [0.25, 0.3) is 5.91 Å². The van der Waals surface area contributed by atoms with Gasteiger partial charge in [-0.3, -0.25) is 4.79 Å². The fourth-order valence-corrected chi connectivity index (χ4v) is 2.48. The molecule has 1 aromatic heterocycles. The summed E-state index contributed by atoms with van der Waals surface area (Å²) in [7, 11) is 1.62. The average molecular weight is 366 g/mol. The van der Waals surface area contributed by atoms with E-state index in [4.69, 9.17) is 4.74 Å². The van der Waals surface area contributed by atoms with Crippen molar-refractivity contribution in [2.24, 2.45) is 0 Å². The van der Waals surface area contributed by atoms with E-state index in [1.54, 1.807) is 19.2 Å². The van der Waals surface area contributed by atoms with Gasteiger partial charge in [0, 0.05) is 18.4 Å². The van der Waals surface area contributed by atoms with Crippen LogP contribution in [0.4, 0.5) is 16.0 Å². The zero-order valence-electron chi connectivity index (χ0n) is 14.8. The first-order valence-corrected chi connectivity index (χ1v) is 8.41. The highest BCUT2D eigenvalue weighted by Crippen LogP contribution is 2.14. The second-order valence-corrected chi connectivity index (χ2v) is 5.76. The summed E-state index contributed by atoms with van der Waals surface area (Å²) in [5.41, 5.74) is 1.80. The molecule has 0 saturated heterocycles. The van der Waals surface area contributed by atoms with Crippen LogP contribution in [-0.2, 0) is 6.42 Å². The molecule has 1 amide bonds. The molecule has 0 radical (unpaired) electrons. The topological polar surface area (TPSA) is 76.1 Å². The van der Waals surface area contributed by atoms with Gasteiger partial charge in [-0.25, -0.2) is 14.4 Å². The van der Waals surface area contributed by atoms with Crippen molar-refractivity contribution in [3.05, 3.63) is 77.9 Å². The lowest BCUT2D eigenvalue weighted by molar-refractivity contribution is 0.0949. The first kappa shape index (κ1) is 18.3. The summed E-state index contributed by atoms with van der Waals surface area (Å²) in [5.74, 6) is 0.331. The van der Waals surface area contributed by atoms with Crippen LogP contribution >= 0.6 is 0 Å². The Bertz CT molecular complexity index is 933. The zero-order chi connectivity index (χ0) is 19.1. The number of carbonyl (C=O) groups is 1. The summed E-state index contributed by atoms with van der Waals surface area (Å²) in [6, 6.07) is 15.1. The van der Waals surface area contributed by atoms with E-state index in [9.17, 15) is 9.18 Å². The number of rotatable bonds is 7. The van der Waals surface area contributed by atoms with Crippen molar-refractivity contribution in [1.29, 1.82) is 0 Å². The Morgan fingerprint density at radius 1 is 1.15 bits per heavy atom. The van der Waals surface area contributed by atoms with Crippen LogP contribution in [0, 0.1) is 5.82 Å². The average Bonchev–Trinajstić information content (AvgIpc) is 2.68. The van der Waals surface area contributed by atoms with E-state index in [1.165, 1.54) is 24.4 Å². The van der Waals surface area contributed by atoms with Crippen LogP contribution in [0.1, 0.15) is 16.1 Å². The molecule has 3 aromatic rings. The third-order valence-corrected chi connectivity index (χ3v) is 3.80. The highest BCUT2D eigenvalue weighted by molar-refractivity contribution is 5.92. The summed E-state index contributed by atoms with van der Waals surface area (Å²) in [4.78, 5) is 20.5. The van der Waals surface area contributed by atoms with E-state index in [-0.39, 0.29) is 23.4 Å². The number of anilines is 2. The molecule has 0 aliphatic carbocycles. The first-order chi connectivity index (χ1) is 13.1. The molecule has 0 saturated carbocycles. The van der Waals surface area contributed by atoms with Gasteiger partial charge in [0.2, 0.25) is 5.95 Å². The van der Waals surface area contributed by atoms with E-state index in [2.05, 4.69) is 20.6 Å². The largest absolute Gasteiger partial charge is 0.497 e. The quantitative estimate of drug-likeness (QED) is 0.671. The van der Waals surface area contributed by atoms with Crippen LogP contribution in [0.5, 0.6) is 5.75 Å². The maximum atomic E-state index is 13.3. The summed E-state index contributed by atoms with van der Waals surface area (Å²) < 4.78 is 18.4. The van der Waals surface area contributed by atoms with Gasteiger partial charge < -0.3 is 15.4 Å². The van der Waals surface area contributed by atoms with Gasteiger partial charge in [-0.2, -0.15) is 0 Å². The van der Waals surface area contributed by atoms with Crippen LogP contribution in [0.3, 0.4) is 0 Å². The van der Waals surface area contributed by atoms with Gasteiger partial charge in [0.05, 0.1) is 7.11 Å². The lowest BCUT2D eigenvalue weighted by Gasteiger charge is -2.08. The Morgan fingerprint density at radius 2 is 2.00 bits per heavy atom. The molecule has 0 atom stereocenters. The monoisotopic (exact) mass is 366 g/mol. The van der Waals surface area contributed by atoms with Gasteiger partial charge in [-0.1, -0.05) is 18.2 Å². The summed E-state index contributed by atoms with van der Waals surface area (Å²) in [6.07, 6.45) is 2.15. The van der Waals surface area contributed by atoms with Crippen molar-refractivity contribution in [2.45, 2.75) is 6.42 Å². The molecule has 0 aliphatic rings. The molecule has 0 unspecified atom stereocenters. The molecule has 2 N–H and O–H groups in total. The van der Waals surface area contributed by atoms with E-state index in [0.29, 0.717) is 18.7 Å². The van der Waals surface area contributed by atoms with E-state index < -0.39 is 0 Å². The van der Waals surface area contributed by atoms with Gasteiger partial charge in [0.1, 0.15) is 17.3 Å². The number of benzene rings is 2. The number of ether oxygens (including phenoxy) is 1. The second-order valence-electron chi connectivity index (χ2n) is 5.76. The van der Waals surface area contributed by atoms with Gasteiger partial charge >= 0.3 is 0 Å². The van der Waals surface area contributed by atoms with Crippen LogP contribution in [-0.4, -0.2) is 29.5 Å². The Morgan fingerprint density at radius 3 is 2.81 bits per heavy atom. The molecule has 0 aliphatic heterocycles. The number of hydrogen-bond acceptors (Lipinski definition) is 5. The minimum atomic E-state index is -0.369. The Labute approximate surface area is 156 Å². The van der Waals surface area contributed by atoms with E-state index >= 15 is 0 Å². The molecule has 2 aromatic carbocycles. The number of amides is 1. The third-order valence-electron chi connectivity index (χ3n) is 3.80. The zero-order valence-corrected chi connectivity index (χ0v) is 14.8. The Kier molecular flexibility index (Phi) is 5.94. The minimum absolute atomic E-state index is 0.223. The highest BCUT2D eigenvalue weighted by atomic mass is 19.1. The van der Waals surface area contributed by atoms with Crippen molar-refractivity contribution in [3.63, 3.8) is 0 Å². The highest BCUT2D eigenvalue weighted by Gasteiger charge is 2.09. The van der Waals surface area contributed by atoms with Gasteiger partial charge in [-0.15, -0.1) is 0 Å². The predicted octanol–water partition coefficient (Wildman–Crippen LogP) is 3.34. The van der Waals surface area contributed by atoms with Crippen molar-refractivity contribution < 1.29 is 13.9 Å². The molecule has 1 heterocycles. The predicted molar refractivity (Wildman–Crippen MR) is 101 cm³/mol. The summed E-state index contributed by atoms with van der Waals surface area (Å²) in [6.45, 7) is 0.461.